The molecule has 0 aromatic heterocycles. The van der Waals surface area contributed by atoms with Crippen molar-refractivity contribution in [2.24, 2.45) is 0 Å². The molecule has 9 heteroatoms. The van der Waals surface area contributed by atoms with Gasteiger partial charge in [-0.2, -0.15) is 0 Å². The molecule has 0 atom stereocenters. The predicted molar refractivity (Wildman–Crippen MR) is 123 cm³/mol. The molecule has 2 amide bonds. The van der Waals surface area contributed by atoms with Gasteiger partial charge in [-0.05, 0) is 57.9 Å². The number of nitro benzene ring substituents is 1. The van der Waals surface area contributed by atoms with E-state index in [1.165, 1.54) is 30.3 Å². The second-order valence-electron chi connectivity index (χ2n) is 6.31. The fourth-order valence-corrected chi connectivity index (χ4v) is 3.20. The Bertz CT molecular complexity index is 1200. The summed E-state index contributed by atoms with van der Waals surface area (Å²) in [5.41, 5.74) is 0.889. The van der Waals surface area contributed by atoms with Gasteiger partial charge in [-0.25, -0.2) is 0 Å². The number of rotatable bonds is 6. The van der Waals surface area contributed by atoms with E-state index in [0.29, 0.717) is 20.7 Å². The summed E-state index contributed by atoms with van der Waals surface area (Å²) in [6.07, 6.45) is 1.36. The largest absolute Gasteiger partial charge is 0.320 e. The standard InChI is InChI=1S/C22H15BrClN3O4/c23-18-9-1-2-10-19(18)25-22(29)20(12-14-5-3-8-17(11-14)27(30)31)26-21(28)15-6-4-7-16(24)13-15/h1-13H,(H,25,29)(H,26,28)/b20-12-. The summed E-state index contributed by atoms with van der Waals surface area (Å²) in [6, 6.07) is 19.0. The van der Waals surface area contributed by atoms with Crippen molar-refractivity contribution >= 4 is 56.8 Å². The van der Waals surface area contributed by atoms with Crippen molar-refractivity contribution in [1.29, 1.82) is 0 Å². The molecule has 3 rings (SSSR count). The number of benzene rings is 3. The molecule has 0 unspecified atom stereocenters. The summed E-state index contributed by atoms with van der Waals surface area (Å²) < 4.78 is 0.652. The van der Waals surface area contributed by atoms with Crippen LogP contribution >= 0.6 is 27.5 Å². The minimum Gasteiger partial charge on any atom is -0.320 e. The van der Waals surface area contributed by atoms with Crippen LogP contribution in [0.25, 0.3) is 6.08 Å². The van der Waals surface area contributed by atoms with Crippen LogP contribution in [0.5, 0.6) is 0 Å². The van der Waals surface area contributed by atoms with E-state index >= 15 is 0 Å². The minimum atomic E-state index is -0.603. The lowest BCUT2D eigenvalue weighted by atomic mass is 10.1. The highest BCUT2D eigenvalue weighted by atomic mass is 79.9. The van der Waals surface area contributed by atoms with Crippen molar-refractivity contribution in [2.75, 3.05) is 5.32 Å². The monoisotopic (exact) mass is 499 g/mol. The number of hydrogen-bond donors (Lipinski definition) is 2. The third-order valence-corrected chi connectivity index (χ3v) is 5.02. The van der Waals surface area contributed by atoms with Crippen LogP contribution in [-0.2, 0) is 4.79 Å². The van der Waals surface area contributed by atoms with Gasteiger partial charge in [-0.15, -0.1) is 0 Å². The molecule has 0 spiro atoms. The lowest BCUT2D eigenvalue weighted by molar-refractivity contribution is -0.384. The SMILES string of the molecule is O=C(Nc1ccccc1Br)/C(=C/c1cccc([N+](=O)[O-])c1)NC(=O)c1cccc(Cl)c1. The number of nitrogens with zero attached hydrogens (tertiary/aromatic N) is 1. The average molecular weight is 501 g/mol. The summed E-state index contributed by atoms with van der Waals surface area (Å²) in [6.45, 7) is 0. The molecule has 7 nitrogen and oxygen atoms in total. The topological polar surface area (TPSA) is 101 Å². The number of anilines is 1. The summed E-state index contributed by atoms with van der Waals surface area (Å²) in [5.74, 6) is -1.16. The highest BCUT2D eigenvalue weighted by Gasteiger charge is 2.17. The van der Waals surface area contributed by atoms with Crippen molar-refractivity contribution in [3.63, 3.8) is 0 Å². The highest BCUT2D eigenvalue weighted by molar-refractivity contribution is 9.10. The molecule has 0 heterocycles. The van der Waals surface area contributed by atoms with Crippen molar-refractivity contribution in [1.82, 2.24) is 5.32 Å². The molecule has 3 aromatic carbocycles. The number of hydrogen-bond acceptors (Lipinski definition) is 4. The molecular weight excluding hydrogens is 486 g/mol. The van der Waals surface area contributed by atoms with E-state index in [1.54, 1.807) is 48.5 Å². The fourth-order valence-electron chi connectivity index (χ4n) is 2.63. The maximum absolute atomic E-state index is 12.9. The van der Waals surface area contributed by atoms with E-state index in [1.807, 2.05) is 0 Å². The van der Waals surface area contributed by atoms with Gasteiger partial charge in [0.15, 0.2) is 0 Å². The van der Waals surface area contributed by atoms with Crippen LogP contribution in [0.2, 0.25) is 5.02 Å². The first-order chi connectivity index (χ1) is 14.8. The normalized spacial score (nSPS) is 11.0. The van der Waals surface area contributed by atoms with Gasteiger partial charge in [0.25, 0.3) is 17.5 Å². The maximum atomic E-state index is 12.9. The maximum Gasteiger partial charge on any atom is 0.272 e. The van der Waals surface area contributed by atoms with Crippen molar-refractivity contribution < 1.29 is 14.5 Å². The number of carbonyl (C=O) groups excluding carboxylic acids is 2. The lowest BCUT2D eigenvalue weighted by Gasteiger charge is -2.12. The Morgan fingerprint density at radius 2 is 1.74 bits per heavy atom. The number of para-hydroxylation sites is 1. The zero-order valence-electron chi connectivity index (χ0n) is 15.8. The molecule has 0 aliphatic heterocycles. The number of nitro groups is 1. The smallest absolute Gasteiger partial charge is 0.272 e. The van der Waals surface area contributed by atoms with E-state index in [0.717, 1.165) is 0 Å². The summed E-state index contributed by atoms with van der Waals surface area (Å²) in [4.78, 5) is 36.2. The van der Waals surface area contributed by atoms with Gasteiger partial charge in [-0.1, -0.05) is 41.9 Å². The fraction of sp³-hybridized carbons (Fsp3) is 0. The Morgan fingerprint density at radius 1 is 1.00 bits per heavy atom. The molecule has 31 heavy (non-hydrogen) atoms. The van der Waals surface area contributed by atoms with Gasteiger partial charge in [0.1, 0.15) is 5.70 Å². The van der Waals surface area contributed by atoms with E-state index in [4.69, 9.17) is 11.6 Å². The van der Waals surface area contributed by atoms with Gasteiger partial charge < -0.3 is 10.6 Å². The first-order valence-electron chi connectivity index (χ1n) is 8.92. The first kappa shape index (κ1) is 22.2. The van der Waals surface area contributed by atoms with Crippen molar-refractivity contribution in [3.8, 4) is 0 Å². The molecule has 0 bridgehead atoms. The molecule has 0 saturated carbocycles. The minimum absolute atomic E-state index is 0.0961. The molecule has 156 valence electrons. The van der Waals surface area contributed by atoms with Crippen LogP contribution in [0.15, 0.2) is 83.0 Å². The summed E-state index contributed by atoms with van der Waals surface area (Å²) in [5, 5.41) is 16.7. The molecule has 2 N–H and O–H groups in total. The Morgan fingerprint density at radius 3 is 2.45 bits per heavy atom. The molecule has 3 aromatic rings. The summed E-state index contributed by atoms with van der Waals surface area (Å²) in [7, 11) is 0. The number of amides is 2. The van der Waals surface area contributed by atoms with Crippen LogP contribution in [0.3, 0.4) is 0 Å². The Labute approximate surface area is 191 Å². The molecular formula is C22H15BrClN3O4. The van der Waals surface area contributed by atoms with Gasteiger partial charge in [-0.3, -0.25) is 19.7 Å². The number of halogens is 2. The van der Waals surface area contributed by atoms with E-state index in [2.05, 4.69) is 26.6 Å². The lowest BCUT2D eigenvalue weighted by Crippen LogP contribution is -2.30. The van der Waals surface area contributed by atoms with Crippen LogP contribution < -0.4 is 10.6 Å². The predicted octanol–water partition coefficient (Wildman–Crippen LogP) is 5.42. The van der Waals surface area contributed by atoms with E-state index in [9.17, 15) is 19.7 Å². The number of nitrogens with one attached hydrogen (secondary N) is 2. The van der Waals surface area contributed by atoms with Crippen LogP contribution in [0.4, 0.5) is 11.4 Å². The molecule has 0 aliphatic rings. The van der Waals surface area contributed by atoms with Crippen LogP contribution in [0.1, 0.15) is 15.9 Å². The quantitative estimate of drug-likeness (QED) is 0.268. The molecule has 0 fully saturated rings. The van der Waals surface area contributed by atoms with Crippen LogP contribution in [0, 0.1) is 10.1 Å². The molecule has 0 saturated heterocycles. The highest BCUT2D eigenvalue weighted by Crippen LogP contribution is 2.22. The third-order valence-electron chi connectivity index (χ3n) is 4.09. The second kappa shape index (κ2) is 10.0. The van der Waals surface area contributed by atoms with Crippen molar-refractivity contribution in [3.05, 3.63) is 109 Å². The zero-order valence-corrected chi connectivity index (χ0v) is 18.2. The number of carbonyl (C=O) groups is 2. The van der Waals surface area contributed by atoms with Gasteiger partial charge in [0, 0.05) is 27.2 Å². The summed E-state index contributed by atoms with van der Waals surface area (Å²) >= 11 is 9.30. The zero-order chi connectivity index (χ0) is 22.4. The Kier molecular flexibility index (Phi) is 7.17. The molecule has 0 radical (unpaired) electrons. The van der Waals surface area contributed by atoms with Crippen LogP contribution in [-0.4, -0.2) is 16.7 Å². The first-order valence-corrected chi connectivity index (χ1v) is 10.1. The van der Waals surface area contributed by atoms with E-state index < -0.39 is 16.7 Å². The van der Waals surface area contributed by atoms with Gasteiger partial charge in [0.2, 0.25) is 0 Å². The molecule has 0 aliphatic carbocycles. The van der Waals surface area contributed by atoms with Gasteiger partial charge in [0.05, 0.1) is 10.6 Å². The number of non-ortho nitro benzene ring substituents is 1. The second-order valence-corrected chi connectivity index (χ2v) is 7.60. The Balaban J connectivity index is 1.95. The Hall–Kier alpha value is -3.49. The third kappa shape index (κ3) is 6.00. The van der Waals surface area contributed by atoms with Crippen molar-refractivity contribution in [2.45, 2.75) is 0 Å². The average Bonchev–Trinajstić information content (AvgIpc) is 2.75. The van der Waals surface area contributed by atoms with E-state index in [-0.39, 0.29) is 16.9 Å². The van der Waals surface area contributed by atoms with Gasteiger partial charge >= 0.3 is 0 Å².